The van der Waals surface area contributed by atoms with Crippen LogP contribution in [0.5, 0.6) is 5.75 Å². The van der Waals surface area contributed by atoms with Crippen molar-refractivity contribution in [2.24, 2.45) is 0 Å². The quantitative estimate of drug-likeness (QED) is 0.455. The van der Waals surface area contributed by atoms with Gasteiger partial charge >= 0.3 is 11.9 Å². The standard InChI is InChI=1S/C22H28N2O6/c1-15(16-5-6-18-12-19(30-2)8-7-17(18)11-16)22(29)23-9-3-4-10-24(13-20(25)26)14-21(27)28/h5-8,11-12,15H,3-4,9-10,13-14H2,1-2H3,(H,23,29)(H,25,26)(H,27,28)/t15-/m0/s1. The van der Waals surface area contributed by atoms with Gasteiger partial charge in [-0.05, 0) is 54.8 Å². The van der Waals surface area contributed by atoms with Gasteiger partial charge in [-0.15, -0.1) is 0 Å². The van der Waals surface area contributed by atoms with Crippen molar-refractivity contribution in [1.29, 1.82) is 0 Å². The van der Waals surface area contributed by atoms with E-state index in [9.17, 15) is 14.4 Å². The summed E-state index contributed by atoms with van der Waals surface area (Å²) in [5.41, 5.74) is 0.916. The van der Waals surface area contributed by atoms with Crippen LogP contribution in [0, 0.1) is 0 Å². The highest BCUT2D eigenvalue weighted by Crippen LogP contribution is 2.25. The molecule has 2 aromatic rings. The average molecular weight is 416 g/mol. The van der Waals surface area contributed by atoms with Crippen molar-refractivity contribution in [3.8, 4) is 5.75 Å². The average Bonchev–Trinajstić information content (AvgIpc) is 2.70. The van der Waals surface area contributed by atoms with Gasteiger partial charge in [0, 0.05) is 6.54 Å². The number of amides is 1. The van der Waals surface area contributed by atoms with Crippen LogP contribution in [0.4, 0.5) is 0 Å². The minimum atomic E-state index is -1.06. The predicted octanol–water partition coefficient (Wildman–Crippen LogP) is 2.32. The molecule has 30 heavy (non-hydrogen) atoms. The second kappa shape index (κ2) is 11.2. The Labute approximate surface area is 175 Å². The molecule has 0 saturated carbocycles. The summed E-state index contributed by atoms with van der Waals surface area (Å²) in [4.78, 5) is 35.4. The number of nitrogens with one attached hydrogen (secondary N) is 1. The van der Waals surface area contributed by atoms with E-state index in [-0.39, 0.29) is 24.9 Å². The van der Waals surface area contributed by atoms with Crippen molar-refractivity contribution in [2.75, 3.05) is 33.3 Å². The highest BCUT2D eigenvalue weighted by atomic mass is 16.5. The number of nitrogens with zero attached hydrogens (tertiary/aromatic N) is 1. The molecule has 0 aliphatic heterocycles. The topological polar surface area (TPSA) is 116 Å². The number of carboxylic acid groups (broad SMARTS) is 2. The Morgan fingerprint density at radius 1 is 1.00 bits per heavy atom. The lowest BCUT2D eigenvalue weighted by molar-refractivity contribution is -0.141. The molecule has 0 spiro atoms. The molecule has 3 N–H and O–H groups in total. The van der Waals surface area contributed by atoms with Gasteiger partial charge in [0.2, 0.25) is 5.91 Å². The zero-order valence-corrected chi connectivity index (χ0v) is 17.3. The molecule has 2 rings (SSSR count). The molecular weight excluding hydrogens is 388 g/mol. The molecule has 0 aliphatic rings. The first-order chi connectivity index (χ1) is 14.3. The molecule has 8 heteroatoms. The van der Waals surface area contributed by atoms with Gasteiger partial charge in [-0.25, -0.2) is 0 Å². The van der Waals surface area contributed by atoms with Crippen LogP contribution < -0.4 is 10.1 Å². The van der Waals surface area contributed by atoms with Crippen LogP contribution in [0.25, 0.3) is 10.8 Å². The van der Waals surface area contributed by atoms with E-state index >= 15 is 0 Å². The van der Waals surface area contributed by atoms with Crippen LogP contribution in [0.1, 0.15) is 31.2 Å². The molecule has 0 aromatic heterocycles. The van der Waals surface area contributed by atoms with Crippen molar-refractivity contribution < 1.29 is 29.3 Å². The third-order valence-corrected chi connectivity index (χ3v) is 4.88. The van der Waals surface area contributed by atoms with E-state index in [1.807, 2.05) is 43.3 Å². The van der Waals surface area contributed by atoms with Crippen molar-refractivity contribution in [3.05, 3.63) is 42.0 Å². The lowest BCUT2D eigenvalue weighted by Crippen LogP contribution is -2.35. The summed E-state index contributed by atoms with van der Waals surface area (Å²) >= 11 is 0. The number of hydrogen-bond donors (Lipinski definition) is 3. The highest BCUT2D eigenvalue weighted by Gasteiger charge is 2.16. The summed E-state index contributed by atoms with van der Waals surface area (Å²) in [6, 6.07) is 11.7. The Kier molecular flexibility index (Phi) is 8.61. The van der Waals surface area contributed by atoms with Gasteiger partial charge in [0.15, 0.2) is 0 Å². The fourth-order valence-corrected chi connectivity index (χ4v) is 3.21. The van der Waals surface area contributed by atoms with Crippen molar-refractivity contribution in [3.63, 3.8) is 0 Å². The SMILES string of the molecule is COc1ccc2cc([C@H](C)C(=O)NCCCCN(CC(=O)O)CC(=O)O)ccc2c1. The van der Waals surface area contributed by atoms with E-state index in [0.717, 1.165) is 22.1 Å². The molecule has 0 unspecified atom stereocenters. The van der Waals surface area contributed by atoms with E-state index in [2.05, 4.69) is 5.32 Å². The first-order valence-electron chi connectivity index (χ1n) is 9.81. The number of rotatable bonds is 12. The zero-order valence-electron chi connectivity index (χ0n) is 17.3. The van der Waals surface area contributed by atoms with E-state index in [0.29, 0.717) is 25.9 Å². The Bertz CT molecular complexity index is 882. The smallest absolute Gasteiger partial charge is 0.317 e. The molecule has 0 fully saturated rings. The van der Waals surface area contributed by atoms with Crippen LogP contribution in [-0.4, -0.2) is 66.2 Å². The summed E-state index contributed by atoms with van der Waals surface area (Å²) in [7, 11) is 1.62. The first-order valence-corrected chi connectivity index (χ1v) is 9.81. The lowest BCUT2D eigenvalue weighted by Gasteiger charge is -2.18. The number of carbonyl (C=O) groups excluding carboxylic acids is 1. The van der Waals surface area contributed by atoms with Crippen LogP contribution >= 0.6 is 0 Å². The molecular formula is C22H28N2O6. The second-order valence-electron chi connectivity index (χ2n) is 7.19. The molecule has 1 atom stereocenters. The van der Waals surface area contributed by atoms with E-state index in [1.165, 1.54) is 4.90 Å². The number of unbranched alkanes of at least 4 members (excludes halogenated alkanes) is 1. The predicted molar refractivity (Wildman–Crippen MR) is 113 cm³/mol. The molecule has 162 valence electrons. The number of fused-ring (bicyclic) bond motifs is 1. The number of carbonyl (C=O) groups is 3. The molecule has 1 amide bonds. The van der Waals surface area contributed by atoms with E-state index < -0.39 is 11.9 Å². The minimum Gasteiger partial charge on any atom is -0.497 e. The molecule has 0 saturated heterocycles. The molecule has 2 aromatic carbocycles. The van der Waals surface area contributed by atoms with E-state index in [1.54, 1.807) is 7.11 Å². The Morgan fingerprint density at radius 3 is 2.27 bits per heavy atom. The molecule has 0 aliphatic carbocycles. The Morgan fingerprint density at radius 2 is 1.63 bits per heavy atom. The summed E-state index contributed by atoms with van der Waals surface area (Å²) in [6.45, 7) is 2.01. The summed E-state index contributed by atoms with van der Waals surface area (Å²) in [5, 5.41) is 22.6. The second-order valence-corrected chi connectivity index (χ2v) is 7.19. The van der Waals surface area contributed by atoms with Crippen LogP contribution in [0.3, 0.4) is 0 Å². The first kappa shape index (κ1) is 23.2. The summed E-state index contributed by atoms with van der Waals surface area (Å²) in [6.07, 6.45) is 1.22. The van der Waals surface area contributed by atoms with Crippen LogP contribution in [-0.2, 0) is 14.4 Å². The van der Waals surface area contributed by atoms with Crippen LogP contribution in [0.2, 0.25) is 0 Å². The maximum absolute atomic E-state index is 12.5. The van der Waals surface area contributed by atoms with Gasteiger partial charge in [0.25, 0.3) is 0 Å². The summed E-state index contributed by atoms with van der Waals surface area (Å²) < 4.78 is 5.23. The third-order valence-electron chi connectivity index (χ3n) is 4.88. The van der Waals surface area contributed by atoms with Crippen molar-refractivity contribution in [2.45, 2.75) is 25.7 Å². The number of aliphatic carboxylic acids is 2. The fraction of sp³-hybridized carbons (Fsp3) is 0.409. The fourth-order valence-electron chi connectivity index (χ4n) is 3.21. The van der Waals surface area contributed by atoms with Gasteiger partial charge in [0.1, 0.15) is 5.75 Å². The largest absolute Gasteiger partial charge is 0.497 e. The van der Waals surface area contributed by atoms with Crippen LogP contribution in [0.15, 0.2) is 36.4 Å². The van der Waals surface area contributed by atoms with Gasteiger partial charge in [-0.2, -0.15) is 0 Å². The lowest BCUT2D eigenvalue weighted by atomic mass is 9.97. The van der Waals surface area contributed by atoms with Gasteiger partial charge in [-0.3, -0.25) is 19.3 Å². The normalized spacial score (nSPS) is 12.0. The third kappa shape index (κ3) is 7.04. The van der Waals surface area contributed by atoms with Crippen molar-refractivity contribution in [1.82, 2.24) is 10.2 Å². The van der Waals surface area contributed by atoms with Crippen molar-refractivity contribution >= 4 is 28.6 Å². The van der Waals surface area contributed by atoms with Gasteiger partial charge in [-0.1, -0.05) is 24.3 Å². The number of carboxylic acids is 2. The number of ether oxygens (including phenoxy) is 1. The van der Waals surface area contributed by atoms with E-state index in [4.69, 9.17) is 14.9 Å². The minimum absolute atomic E-state index is 0.0872. The van der Waals surface area contributed by atoms with Gasteiger partial charge < -0.3 is 20.3 Å². The highest BCUT2D eigenvalue weighted by molar-refractivity contribution is 5.88. The molecule has 0 radical (unpaired) electrons. The molecule has 0 heterocycles. The molecule has 8 nitrogen and oxygen atoms in total. The Balaban J connectivity index is 1.82. The monoisotopic (exact) mass is 416 g/mol. The maximum atomic E-state index is 12.5. The summed E-state index contributed by atoms with van der Waals surface area (Å²) in [5.74, 6) is -1.74. The van der Waals surface area contributed by atoms with Gasteiger partial charge in [0.05, 0.1) is 26.1 Å². The maximum Gasteiger partial charge on any atom is 0.317 e. The molecule has 0 bridgehead atoms. The number of methoxy groups -OCH3 is 1. The Hall–Kier alpha value is -3.13. The number of benzene rings is 2. The number of hydrogen-bond acceptors (Lipinski definition) is 5. The zero-order chi connectivity index (χ0) is 22.1.